The average molecular weight is 360 g/mol. The van der Waals surface area contributed by atoms with Crippen molar-refractivity contribution in [1.82, 2.24) is 10.3 Å². The fraction of sp³-hybridized carbons (Fsp3) is 0.278. The standard InChI is InChI=1S/C18H18ClN3O3/c1-25-15-5-4-13(19)10-14(15)18(24)21-11-12-6-7-20-16(9-12)22-8-2-3-17(22)23/h4-7,9-10H,2-3,8,11H2,1H3,(H,21,24). The minimum absolute atomic E-state index is 0.0809. The predicted octanol–water partition coefficient (Wildman–Crippen LogP) is 2.80. The van der Waals surface area contributed by atoms with Gasteiger partial charge in [-0.3, -0.25) is 14.5 Å². The molecular formula is C18H18ClN3O3. The maximum absolute atomic E-state index is 12.4. The van der Waals surface area contributed by atoms with Gasteiger partial charge in [-0.1, -0.05) is 11.6 Å². The van der Waals surface area contributed by atoms with Crippen LogP contribution in [0.4, 0.5) is 5.82 Å². The van der Waals surface area contributed by atoms with Crippen LogP contribution in [0.15, 0.2) is 36.5 Å². The Labute approximate surface area is 150 Å². The Morgan fingerprint density at radius 3 is 2.92 bits per heavy atom. The third kappa shape index (κ3) is 3.91. The second-order valence-electron chi connectivity index (χ2n) is 5.70. The average Bonchev–Trinajstić information content (AvgIpc) is 3.06. The summed E-state index contributed by atoms with van der Waals surface area (Å²) >= 11 is 5.96. The van der Waals surface area contributed by atoms with Gasteiger partial charge in [0.05, 0.1) is 12.7 Å². The van der Waals surface area contributed by atoms with Crippen molar-refractivity contribution in [2.75, 3.05) is 18.6 Å². The van der Waals surface area contributed by atoms with Crippen LogP contribution < -0.4 is 15.0 Å². The number of aromatic nitrogens is 1. The van der Waals surface area contributed by atoms with E-state index >= 15 is 0 Å². The van der Waals surface area contributed by atoms with Crippen molar-refractivity contribution in [3.63, 3.8) is 0 Å². The molecule has 1 aromatic heterocycles. The Morgan fingerprint density at radius 2 is 2.20 bits per heavy atom. The van der Waals surface area contributed by atoms with E-state index in [0.717, 1.165) is 12.0 Å². The van der Waals surface area contributed by atoms with Gasteiger partial charge in [-0.05, 0) is 42.3 Å². The zero-order valence-corrected chi connectivity index (χ0v) is 14.5. The molecule has 1 aromatic carbocycles. The second-order valence-corrected chi connectivity index (χ2v) is 6.13. The van der Waals surface area contributed by atoms with Crippen LogP contribution in [0.1, 0.15) is 28.8 Å². The third-order valence-corrected chi connectivity index (χ3v) is 4.25. The van der Waals surface area contributed by atoms with Crippen LogP contribution in [0, 0.1) is 0 Å². The summed E-state index contributed by atoms with van der Waals surface area (Å²) in [6.07, 6.45) is 3.04. The molecule has 1 saturated heterocycles. The van der Waals surface area contributed by atoms with E-state index in [0.29, 0.717) is 41.7 Å². The van der Waals surface area contributed by atoms with Gasteiger partial charge in [-0.25, -0.2) is 4.98 Å². The van der Waals surface area contributed by atoms with Crippen molar-refractivity contribution in [1.29, 1.82) is 0 Å². The maximum Gasteiger partial charge on any atom is 0.255 e. The van der Waals surface area contributed by atoms with E-state index in [1.807, 2.05) is 6.07 Å². The third-order valence-electron chi connectivity index (χ3n) is 4.02. The van der Waals surface area contributed by atoms with Gasteiger partial charge < -0.3 is 10.1 Å². The Bertz CT molecular complexity index is 810. The van der Waals surface area contributed by atoms with Crippen LogP contribution in [0.3, 0.4) is 0 Å². The van der Waals surface area contributed by atoms with Crippen molar-refractivity contribution < 1.29 is 14.3 Å². The molecular weight excluding hydrogens is 342 g/mol. The van der Waals surface area contributed by atoms with Crippen molar-refractivity contribution in [3.05, 3.63) is 52.7 Å². The monoisotopic (exact) mass is 359 g/mol. The molecule has 0 radical (unpaired) electrons. The molecule has 0 atom stereocenters. The number of nitrogens with zero attached hydrogens (tertiary/aromatic N) is 2. The Balaban J connectivity index is 1.70. The normalized spacial score (nSPS) is 13.8. The van der Waals surface area contributed by atoms with E-state index in [1.54, 1.807) is 35.4 Å². The lowest BCUT2D eigenvalue weighted by Crippen LogP contribution is -2.26. The van der Waals surface area contributed by atoms with Crippen molar-refractivity contribution in [2.24, 2.45) is 0 Å². The Morgan fingerprint density at radius 1 is 1.36 bits per heavy atom. The van der Waals surface area contributed by atoms with Crippen LogP contribution >= 0.6 is 11.6 Å². The molecule has 1 aliphatic heterocycles. The first-order valence-electron chi connectivity index (χ1n) is 7.95. The molecule has 0 aliphatic carbocycles. The highest BCUT2D eigenvalue weighted by Gasteiger charge is 2.22. The molecule has 7 heteroatoms. The molecule has 2 heterocycles. The number of benzene rings is 1. The lowest BCUT2D eigenvalue weighted by Gasteiger charge is -2.15. The fourth-order valence-electron chi connectivity index (χ4n) is 2.74. The second kappa shape index (κ2) is 7.53. The first-order chi connectivity index (χ1) is 12.1. The van der Waals surface area contributed by atoms with Crippen molar-refractivity contribution >= 4 is 29.2 Å². The minimum Gasteiger partial charge on any atom is -0.496 e. The number of nitrogens with one attached hydrogen (secondary N) is 1. The minimum atomic E-state index is -0.282. The number of pyridine rings is 1. The number of hydrogen-bond donors (Lipinski definition) is 1. The molecule has 1 N–H and O–H groups in total. The molecule has 0 unspecified atom stereocenters. The molecule has 6 nitrogen and oxygen atoms in total. The number of methoxy groups -OCH3 is 1. The Hall–Kier alpha value is -2.60. The summed E-state index contributed by atoms with van der Waals surface area (Å²) in [7, 11) is 1.50. The summed E-state index contributed by atoms with van der Waals surface area (Å²) in [5.41, 5.74) is 1.23. The molecule has 1 fully saturated rings. The quantitative estimate of drug-likeness (QED) is 0.891. The van der Waals surface area contributed by atoms with Crippen LogP contribution in [-0.4, -0.2) is 30.5 Å². The molecule has 130 valence electrons. The van der Waals surface area contributed by atoms with Crippen LogP contribution in [0.2, 0.25) is 5.02 Å². The predicted molar refractivity (Wildman–Crippen MR) is 95.0 cm³/mol. The number of carbonyl (C=O) groups is 2. The first kappa shape index (κ1) is 17.2. The molecule has 1 aliphatic rings. The van der Waals surface area contributed by atoms with Crippen molar-refractivity contribution in [2.45, 2.75) is 19.4 Å². The van der Waals surface area contributed by atoms with Gasteiger partial charge in [-0.2, -0.15) is 0 Å². The molecule has 25 heavy (non-hydrogen) atoms. The van der Waals surface area contributed by atoms with E-state index in [2.05, 4.69) is 10.3 Å². The molecule has 3 rings (SSSR count). The highest BCUT2D eigenvalue weighted by molar-refractivity contribution is 6.31. The SMILES string of the molecule is COc1ccc(Cl)cc1C(=O)NCc1ccnc(N2CCCC2=O)c1. The van der Waals surface area contributed by atoms with Gasteiger partial charge in [0.15, 0.2) is 0 Å². The molecule has 0 bridgehead atoms. The summed E-state index contributed by atoms with van der Waals surface area (Å²) in [4.78, 5) is 30.2. The zero-order chi connectivity index (χ0) is 17.8. The van der Waals surface area contributed by atoms with Gasteiger partial charge in [-0.15, -0.1) is 0 Å². The van der Waals surface area contributed by atoms with Gasteiger partial charge in [0, 0.05) is 30.7 Å². The van der Waals surface area contributed by atoms with Crippen molar-refractivity contribution in [3.8, 4) is 5.75 Å². The lowest BCUT2D eigenvalue weighted by molar-refractivity contribution is -0.117. The van der Waals surface area contributed by atoms with Gasteiger partial charge >= 0.3 is 0 Å². The summed E-state index contributed by atoms with van der Waals surface area (Å²) in [6, 6.07) is 8.51. The molecule has 0 saturated carbocycles. The zero-order valence-electron chi connectivity index (χ0n) is 13.8. The smallest absolute Gasteiger partial charge is 0.255 e. The number of anilines is 1. The number of halogens is 1. The number of amides is 2. The van der Waals surface area contributed by atoms with E-state index in [9.17, 15) is 9.59 Å². The van der Waals surface area contributed by atoms with Gasteiger partial charge in [0.2, 0.25) is 5.91 Å². The number of carbonyl (C=O) groups excluding carboxylic acids is 2. The number of hydrogen-bond acceptors (Lipinski definition) is 4. The van der Waals surface area contributed by atoms with Gasteiger partial charge in [0.25, 0.3) is 5.91 Å². The van der Waals surface area contributed by atoms with Crippen LogP contribution in [-0.2, 0) is 11.3 Å². The number of ether oxygens (including phenoxy) is 1. The number of rotatable bonds is 5. The van der Waals surface area contributed by atoms with Crippen LogP contribution in [0.5, 0.6) is 5.75 Å². The topological polar surface area (TPSA) is 71.5 Å². The molecule has 2 aromatic rings. The fourth-order valence-corrected chi connectivity index (χ4v) is 2.92. The summed E-state index contributed by atoms with van der Waals surface area (Å²) in [5.74, 6) is 0.877. The van der Waals surface area contributed by atoms with E-state index in [1.165, 1.54) is 7.11 Å². The van der Waals surface area contributed by atoms with E-state index < -0.39 is 0 Å². The highest BCUT2D eigenvalue weighted by atomic mass is 35.5. The van der Waals surface area contributed by atoms with Crippen LogP contribution in [0.25, 0.3) is 0 Å². The lowest BCUT2D eigenvalue weighted by atomic mass is 10.1. The highest BCUT2D eigenvalue weighted by Crippen LogP contribution is 2.23. The summed E-state index contributed by atoms with van der Waals surface area (Å²) in [5, 5.41) is 3.30. The maximum atomic E-state index is 12.4. The summed E-state index contributed by atoms with van der Waals surface area (Å²) < 4.78 is 5.20. The molecule has 0 spiro atoms. The Kier molecular flexibility index (Phi) is 5.19. The van der Waals surface area contributed by atoms with E-state index in [4.69, 9.17) is 16.3 Å². The van der Waals surface area contributed by atoms with E-state index in [-0.39, 0.29) is 11.8 Å². The largest absolute Gasteiger partial charge is 0.496 e. The first-order valence-corrected chi connectivity index (χ1v) is 8.33. The van der Waals surface area contributed by atoms with Gasteiger partial charge in [0.1, 0.15) is 11.6 Å². The molecule has 2 amide bonds. The summed E-state index contributed by atoms with van der Waals surface area (Å²) in [6.45, 7) is 0.993.